The van der Waals surface area contributed by atoms with Crippen LogP contribution in [0.15, 0.2) is 53.7 Å². The van der Waals surface area contributed by atoms with Crippen LogP contribution in [0.25, 0.3) is 16.6 Å². The molecule has 4 heterocycles. The number of nitrogens with one attached hydrogen (secondary N) is 1. The van der Waals surface area contributed by atoms with Gasteiger partial charge in [-0.3, -0.25) is 9.36 Å². The van der Waals surface area contributed by atoms with E-state index < -0.39 is 0 Å². The first-order chi connectivity index (χ1) is 16.7. The van der Waals surface area contributed by atoms with Gasteiger partial charge in [0.05, 0.1) is 16.5 Å². The Kier molecular flexibility index (Phi) is 5.71. The molecule has 0 spiro atoms. The molecular formula is C25H25ClN6OS. The number of hydrogen-bond donors (Lipinski definition) is 1. The number of carbonyl (C=O) groups is 1. The highest BCUT2D eigenvalue weighted by molar-refractivity contribution is 7.99. The smallest absolute Gasteiger partial charge is 0.233 e. The summed E-state index contributed by atoms with van der Waals surface area (Å²) >= 11 is 7.98. The van der Waals surface area contributed by atoms with Crippen molar-refractivity contribution in [2.45, 2.75) is 31.0 Å². The van der Waals surface area contributed by atoms with Crippen LogP contribution in [0.2, 0.25) is 5.02 Å². The van der Waals surface area contributed by atoms with Gasteiger partial charge in [-0.15, -0.1) is 10.2 Å². The van der Waals surface area contributed by atoms with Gasteiger partial charge in [0.15, 0.2) is 5.16 Å². The van der Waals surface area contributed by atoms with Crippen LogP contribution in [0.4, 0.5) is 5.95 Å². The molecule has 9 heteroatoms. The van der Waals surface area contributed by atoms with Crippen molar-refractivity contribution in [1.29, 1.82) is 0 Å². The molecule has 1 N–H and O–H groups in total. The first-order valence-corrected chi connectivity index (χ1v) is 13.0. The Hall–Kier alpha value is -2.97. The van der Waals surface area contributed by atoms with E-state index in [1.165, 1.54) is 28.4 Å². The second-order valence-corrected chi connectivity index (χ2v) is 10.1. The predicted molar refractivity (Wildman–Crippen MR) is 136 cm³/mol. The summed E-state index contributed by atoms with van der Waals surface area (Å²) in [5.41, 5.74) is 4.45. The molecule has 0 bridgehead atoms. The first-order valence-electron chi connectivity index (χ1n) is 11.6. The van der Waals surface area contributed by atoms with Crippen molar-refractivity contribution in [3.8, 4) is 5.69 Å². The lowest BCUT2D eigenvalue weighted by Gasteiger charge is -2.27. The highest BCUT2D eigenvalue weighted by Gasteiger charge is 2.27. The molecule has 6 rings (SSSR count). The largest absolute Gasteiger partial charge is 0.358 e. The van der Waals surface area contributed by atoms with Gasteiger partial charge in [-0.25, -0.2) is 0 Å². The lowest BCUT2D eigenvalue weighted by molar-refractivity contribution is -0.129. The van der Waals surface area contributed by atoms with Crippen molar-refractivity contribution in [2.75, 3.05) is 30.3 Å². The van der Waals surface area contributed by atoms with Crippen molar-refractivity contribution < 1.29 is 4.79 Å². The topological polar surface area (TPSA) is 70.1 Å². The van der Waals surface area contributed by atoms with E-state index in [2.05, 4.69) is 32.2 Å². The number of nitrogens with zero attached hydrogens (tertiary/aromatic N) is 5. The molecule has 7 nitrogen and oxygen atoms in total. The van der Waals surface area contributed by atoms with E-state index in [-0.39, 0.29) is 5.91 Å². The van der Waals surface area contributed by atoms with Crippen molar-refractivity contribution in [2.24, 2.45) is 0 Å². The Labute approximate surface area is 207 Å². The number of benzene rings is 2. The van der Waals surface area contributed by atoms with Gasteiger partial charge in [0.25, 0.3) is 0 Å². The van der Waals surface area contributed by atoms with E-state index in [0.717, 1.165) is 56.0 Å². The number of para-hydroxylation sites is 2. The molecule has 4 aromatic rings. The monoisotopic (exact) mass is 492 g/mol. The quantitative estimate of drug-likeness (QED) is 0.410. The van der Waals surface area contributed by atoms with Crippen molar-refractivity contribution >= 4 is 46.1 Å². The average Bonchev–Trinajstić information content (AvgIpc) is 3.60. The maximum atomic E-state index is 13.2. The zero-order valence-electron chi connectivity index (χ0n) is 18.7. The summed E-state index contributed by atoms with van der Waals surface area (Å²) in [4.78, 5) is 20.9. The number of thioether (sulfide) groups is 1. The van der Waals surface area contributed by atoms with Crippen molar-refractivity contribution in [3.05, 3.63) is 64.8 Å². The number of carbonyl (C=O) groups excluding carboxylic acids is 1. The number of hydrogen-bond acceptors (Lipinski definition) is 5. The van der Waals surface area contributed by atoms with Crippen LogP contribution in [0, 0.1) is 0 Å². The zero-order valence-corrected chi connectivity index (χ0v) is 20.3. The second-order valence-electron chi connectivity index (χ2n) is 8.75. The second kappa shape index (κ2) is 9.00. The molecular weight excluding hydrogens is 468 g/mol. The zero-order chi connectivity index (χ0) is 23.1. The molecule has 0 radical (unpaired) electrons. The fraction of sp³-hybridized carbons (Fsp3) is 0.320. The van der Waals surface area contributed by atoms with Crippen LogP contribution in [-0.4, -0.2) is 55.9 Å². The van der Waals surface area contributed by atoms with E-state index >= 15 is 0 Å². The molecule has 1 saturated heterocycles. The number of H-pyrrole nitrogens is 1. The predicted octanol–water partition coefficient (Wildman–Crippen LogP) is 4.68. The average molecular weight is 493 g/mol. The molecule has 1 fully saturated rings. The van der Waals surface area contributed by atoms with E-state index in [1.807, 2.05) is 45.9 Å². The third kappa shape index (κ3) is 3.84. The Morgan fingerprint density at radius 2 is 1.82 bits per heavy atom. The molecule has 2 aliphatic rings. The van der Waals surface area contributed by atoms with Crippen LogP contribution in [0.3, 0.4) is 0 Å². The molecule has 2 aromatic carbocycles. The maximum Gasteiger partial charge on any atom is 0.233 e. The number of amides is 1. The molecule has 0 aliphatic carbocycles. The number of aromatic nitrogens is 4. The van der Waals surface area contributed by atoms with Gasteiger partial charge in [0.1, 0.15) is 0 Å². The molecule has 0 atom stereocenters. The highest BCUT2D eigenvalue weighted by atomic mass is 35.5. The summed E-state index contributed by atoms with van der Waals surface area (Å²) in [6.07, 6.45) is 3.12. The molecule has 2 aromatic heterocycles. The minimum Gasteiger partial charge on any atom is -0.358 e. The fourth-order valence-electron chi connectivity index (χ4n) is 4.92. The van der Waals surface area contributed by atoms with Gasteiger partial charge >= 0.3 is 0 Å². The van der Waals surface area contributed by atoms with Crippen molar-refractivity contribution in [1.82, 2.24) is 24.6 Å². The number of rotatable bonds is 5. The van der Waals surface area contributed by atoms with Crippen LogP contribution in [0.1, 0.15) is 24.1 Å². The molecule has 0 unspecified atom stereocenters. The van der Waals surface area contributed by atoms with E-state index in [9.17, 15) is 4.79 Å². The van der Waals surface area contributed by atoms with Gasteiger partial charge in [0.2, 0.25) is 11.9 Å². The van der Waals surface area contributed by atoms with Gasteiger partial charge in [-0.1, -0.05) is 53.7 Å². The Morgan fingerprint density at radius 1 is 1.03 bits per heavy atom. The van der Waals surface area contributed by atoms with Gasteiger partial charge in [0, 0.05) is 54.8 Å². The molecule has 174 valence electrons. The summed E-state index contributed by atoms with van der Waals surface area (Å²) < 4.78 is 2.00. The summed E-state index contributed by atoms with van der Waals surface area (Å²) in [6, 6.07) is 16.0. The Morgan fingerprint density at radius 3 is 2.68 bits per heavy atom. The van der Waals surface area contributed by atoms with Crippen molar-refractivity contribution in [3.63, 3.8) is 0 Å². The molecule has 2 aliphatic heterocycles. The highest BCUT2D eigenvalue weighted by Crippen LogP contribution is 2.33. The summed E-state index contributed by atoms with van der Waals surface area (Å²) in [5.74, 6) is 1.21. The van der Waals surface area contributed by atoms with Gasteiger partial charge < -0.3 is 14.8 Å². The normalized spacial score (nSPS) is 15.8. The minimum absolute atomic E-state index is 0.109. The number of anilines is 1. The number of fused-ring (bicyclic) bond motifs is 3. The maximum absolute atomic E-state index is 13.2. The van der Waals surface area contributed by atoms with Crippen LogP contribution >= 0.6 is 23.4 Å². The van der Waals surface area contributed by atoms with Crippen LogP contribution in [-0.2, 0) is 17.8 Å². The van der Waals surface area contributed by atoms with E-state index in [4.69, 9.17) is 11.6 Å². The van der Waals surface area contributed by atoms with E-state index in [1.54, 1.807) is 0 Å². The first kappa shape index (κ1) is 21.6. The third-order valence-corrected chi connectivity index (χ3v) is 7.89. The Bertz CT molecular complexity index is 1360. The fourth-order valence-corrected chi connectivity index (χ4v) is 5.98. The lowest BCUT2D eigenvalue weighted by Crippen LogP contribution is -2.37. The summed E-state index contributed by atoms with van der Waals surface area (Å²) in [5, 5.41) is 11.5. The Balaban J connectivity index is 1.23. The van der Waals surface area contributed by atoms with Crippen LogP contribution < -0.4 is 4.90 Å². The molecule has 34 heavy (non-hydrogen) atoms. The number of aromatic amines is 1. The molecule has 0 saturated carbocycles. The summed E-state index contributed by atoms with van der Waals surface area (Å²) in [6.45, 7) is 3.25. The number of halogens is 1. The molecule has 1 amide bonds. The third-order valence-electron chi connectivity index (χ3n) is 6.66. The lowest BCUT2D eigenvalue weighted by atomic mass is 10.0. The SMILES string of the molecule is O=C(CSc1nnc(N2CCCC2)n1-c1ccccc1Cl)N1CCc2[nH]c3ccccc3c2C1. The standard InChI is InChI=1S/C25H25ClN6OS/c26-19-8-2-4-10-22(19)32-24(30-12-5-6-13-30)28-29-25(32)34-16-23(33)31-14-11-21-18(15-31)17-7-1-3-9-20(17)27-21/h1-4,7-10,27H,5-6,11-16H2. The van der Waals surface area contributed by atoms with Gasteiger partial charge in [-0.05, 0) is 31.0 Å². The van der Waals surface area contributed by atoms with Crippen LogP contribution in [0.5, 0.6) is 0 Å². The van der Waals surface area contributed by atoms with Gasteiger partial charge in [-0.2, -0.15) is 0 Å². The van der Waals surface area contributed by atoms with E-state index in [0.29, 0.717) is 22.5 Å². The minimum atomic E-state index is 0.109. The summed E-state index contributed by atoms with van der Waals surface area (Å²) in [7, 11) is 0.